The Morgan fingerprint density at radius 3 is 1.25 bits per heavy atom. The first-order valence-corrected chi connectivity index (χ1v) is 22.3. The van der Waals surface area contributed by atoms with Crippen molar-refractivity contribution in [3.05, 3.63) is 36.5 Å². The van der Waals surface area contributed by atoms with Crippen LogP contribution in [0, 0.1) is 0 Å². The molecular formula is C46H87NO4. The van der Waals surface area contributed by atoms with Crippen LogP contribution >= 0.6 is 0 Å². The van der Waals surface area contributed by atoms with Crippen molar-refractivity contribution >= 4 is 5.91 Å². The van der Waals surface area contributed by atoms with Crippen molar-refractivity contribution in [2.24, 2.45) is 0 Å². The molecule has 300 valence electrons. The summed E-state index contributed by atoms with van der Waals surface area (Å²) in [5.74, 6) is -0.382. The van der Waals surface area contributed by atoms with Gasteiger partial charge in [0.15, 0.2) is 0 Å². The van der Waals surface area contributed by atoms with E-state index < -0.39 is 18.2 Å². The molecule has 0 aromatic carbocycles. The molecule has 51 heavy (non-hydrogen) atoms. The van der Waals surface area contributed by atoms with Gasteiger partial charge >= 0.3 is 0 Å². The summed E-state index contributed by atoms with van der Waals surface area (Å²) in [6.07, 6.45) is 51.8. The lowest BCUT2D eigenvalue weighted by Crippen LogP contribution is -2.45. The Balaban J connectivity index is 3.65. The fourth-order valence-corrected chi connectivity index (χ4v) is 6.75. The first-order valence-electron chi connectivity index (χ1n) is 22.3. The van der Waals surface area contributed by atoms with Crippen LogP contribution in [0.2, 0.25) is 0 Å². The van der Waals surface area contributed by atoms with Crippen LogP contribution in [0.25, 0.3) is 0 Å². The van der Waals surface area contributed by atoms with Gasteiger partial charge in [0.2, 0.25) is 5.91 Å². The van der Waals surface area contributed by atoms with Crippen molar-refractivity contribution in [2.45, 2.75) is 244 Å². The second-order valence-electron chi connectivity index (χ2n) is 15.3. The van der Waals surface area contributed by atoms with Crippen molar-refractivity contribution in [3.8, 4) is 0 Å². The molecule has 5 heteroatoms. The van der Waals surface area contributed by atoms with Gasteiger partial charge in [-0.3, -0.25) is 4.79 Å². The highest BCUT2D eigenvalue weighted by Crippen LogP contribution is 2.16. The zero-order valence-electron chi connectivity index (χ0n) is 34.0. The second kappa shape index (κ2) is 41.3. The van der Waals surface area contributed by atoms with E-state index in [0.717, 1.165) is 25.7 Å². The molecule has 5 nitrogen and oxygen atoms in total. The third-order valence-corrected chi connectivity index (χ3v) is 10.2. The number of carbonyl (C=O) groups excluding carboxylic acids is 1. The minimum Gasteiger partial charge on any atom is -0.394 e. The Morgan fingerprint density at radius 2 is 0.863 bits per heavy atom. The maximum Gasteiger partial charge on any atom is 0.223 e. The zero-order chi connectivity index (χ0) is 37.3. The SMILES string of the molecule is CCCCCCCC/C=C\C/C=C\C(O)CC(=O)NC(CO)C(O)/C=C/CCCCCCCCCCCCCCCCCCCCCCCCC. The van der Waals surface area contributed by atoms with Crippen LogP contribution in [-0.2, 0) is 4.79 Å². The number of carbonyl (C=O) groups is 1. The summed E-state index contributed by atoms with van der Waals surface area (Å²) in [6, 6.07) is -0.774. The molecule has 0 fully saturated rings. The van der Waals surface area contributed by atoms with E-state index in [-0.39, 0.29) is 18.9 Å². The predicted molar refractivity (Wildman–Crippen MR) is 222 cm³/mol. The Bertz CT molecular complexity index is 794. The van der Waals surface area contributed by atoms with Crippen LogP contribution in [0.15, 0.2) is 36.5 Å². The van der Waals surface area contributed by atoms with Crippen LogP contribution < -0.4 is 5.32 Å². The summed E-state index contributed by atoms with van der Waals surface area (Å²) in [7, 11) is 0. The molecular weight excluding hydrogens is 631 g/mol. The summed E-state index contributed by atoms with van der Waals surface area (Å²) in [5.41, 5.74) is 0. The molecule has 0 aliphatic carbocycles. The molecule has 3 atom stereocenters. The molecule has 0 aromatic heterocycles. The lowest BCUT2D eigenvalue weighted by molar-refractivity contribution is -0.124. The molecule has 0 heterocycles. The predicted octanol–water partition coefficient (Wildman–Crippen LogP) is 12.8. The Labute approximate surface area is 317 Å². The van der Waals surface area contributed by atoms with Crippen molar-refractivity contribution in [1.82, 2.24) is 5.32 Å². The van der Waals surface area contributed by atoms with Gasteiger partial charge in [-0.05, 0) is 32.1 Å². The lowest BCUT2D eigenvalue weighted by atomic mass is 10.0. The van der Waals surface area contributed by atoms with Gasteiger partial charge in [0.1, 0.15) is 0 Å². The number of aliphatic hydroxyl groups is 3. The lowest BCUT2D eigenvalue weighted by Gasteiger charge is -2.20. The topological polar surface area (TPSA) is 89.8 Å². The molecule has 0 radical (unpaired) electrons. The molecule has 3 unspecified atom stereocenters. The highest BCUT2D eigenvalue weighted by Gasteiger charge is 2.19. The van der Waals surface area contributed by atoms with Crippen LogP contribution in [0.3, 0.4) is 0 Å². The summed E-state index contributed by atoms with van der Waals surface area (Å²) in [5, 5.41) is 33.0. The molecule has 0 spiro atoms. The number of amides is 1. The maximum absolute atomic E-state index is 12.4. The van der Waals surface area contributed by atoms with Crippen molar-refractivity contribution in [2.75, 3.05) is 6.61 Å². The molecule has 0 aliphatic rings. The van der Waals surface area contributed by atoms with Gasteiger partial charge in [-0.15, -0.1) is 0 Å². The molecule has 1 amide bonds. The summed E-state index contributed by atoms with van der Waals surface area (Å²) < 4.78 is 0. The van der Waals surface area contributed by atoms with Crippen molar-refractivity contribution < 1.29 is 20.1 Å². The molecule has 0 saturated heterocycles. The normalized spacial score (nSPS) is 13.9. The molecule has 4 N–H and O–H groups in total. The summed E-state index contributed by atoms with van der Waals surface area (Å²) >= 11 is 0. The molecule has 0 saturated carbocycles. The third kappa shape index (κ3) is 38.1. The zero-order valence-corrected chi connectivity index (χ0v) is 34.0. The monoisotopic (exact) mass is 718 g/mol. The van der Waals surface area contributed by atoms with E-state index in [9.17, 15) is 20.1 Å². The van der Waals surface area contributed by atoms with E-state index >= 15 is 0 Å². The number of allylic oxidation sites excluding steroid dienone is 4. The highest BCUT2D eigenvalue weighted by atomic mass is 16.3. The Morgan fingerprint density at radius 1 is 0.490 bits per heavy atom. The van der Waals surface area contributed by atoms with Crippen molar-refractivity contribution in [3.63, 3.8) is 0 Å². The largest absolute Gasteiger partial charge is 0.394 e. The fraction of sp³-hybridized carbons (Fsp3) is 0.848. The Hall–Kier alpha value is -1.43. The standard InChI is InChI=1S/C46H87NO4/c1-3-5-7-9-11-13-15-16-17-18-19-20-21-22-23-24-25-26-27-28-30-32-34-36-38-40-45(50)44(42-48)47-46(51)41-43(49)39-37-35-33-31-29-14-12-10-8-6-4-2/h31,33,37-40,43-45,48-50H,3-30,32,34-36,41-42H2,1-2H3,(H,47,51)/b33-31-,39-37-,40-38+. The Kier molecular flexibility index (Phi) is 40.2. The van der Waals surface area contributed by atoms with Gasteiger partial charge in [0.05, 0.1) is 31.3 Å². The van der Waals surface area contributed by atoms with Gasteiger partial charge in [-0.1, -0.05) is 224 Å². The average Bonchev–Trinajstić information content (AvgIpc) is 3.12. The van der Waals surface area contributed by atoms with E-state index in [2.05, 4.69) is 31.3 Å². The van der Waals surface area contributed by atoms with Crippen LogP contribution in [-0.4, -0.2) is 46.1 Å². The number of aliphatic hydroxyl groups excluding tert-OH is 3. The maximum atomic E-state index is 12.4. The second-order valence-corrected chi connectivity index (χ2v) is 15.3. The van der Waals surface area contributed by atoms with Gasteiger partial charge in [-0.2, -0.15) is 0 Å². The fourth-order valence-electron chi connectivity index (χ4n) is 6.75. The smallest absolute Gasteiger partial charge is 0.223 e. The van der Waals surface area contributed by atoms with Crippen LogP contribution in [0.1, 0.15) is 226 Å². The van der Waals surface area contributed by atoms with E-state index in [0.29, 0.717) is 0 Å². The van der Waals surface area contributed by atoms with Gasteiger partial charge in [0, 0.05) is 0 Å². The minimum absolute atomic E-state index is 0.0928. The number of hydrogen-bond acceptors (Lipinski definition) is 4. The van der Waals surface area contributed by atoms with Crippen molar-refractivity contribution in [1.29, 1.82) is 0 Å². The number of nitrogens with one attached hydrogen (secondary N) is 1. The van der Waals surface area contributed by atoms with Gasteiger partial charge < -0.3 is 20.6 Å². The molecule has 0 bridgehead atoms. The van der Waals surface area contributed by atoms with Gasteiger partial charge in [0.25, 0.3) is 0 Å². The van der Waals surface area contributed by atoms with E-state index in [1.165, 1.54) is 180 Å². The number of unbranched alkanes of at least 4 members (excludes halogenated alkanes) is 29. The quantitative estimate of drug-likeness (QED) is 0.0375. The molecule has 0 aromatic rings. The number of hydrogen-bond donors (Lipinski definition) is 4. The van der Waals surface area contributed by atoms with Crippen LogP contribution in [0.4, 0.5) is 0 Å². The first-order chi connectivity index (χ1) is 25.0. The number of rotatable bonds is 40. The third-order valence-electron chi connectivity index (χ3n) is 10.2. The summed E-state index contributed by atoms with van der Waals surface area (Å²) in [6.45, 7) is 4.17. The molecule has 0 rings (SSSR count). The molecule has 0 aliphatic heterocycles. The van der Waals surface area contributed by atoms with E-state index in [1.54, 1.807) is 12.2 Å². The van der Waals surface area contributed by atoms with Gasteiger partial charge in [-0.25, -0.2) is 0 Å². The van der Waals surface area contributed by atoms with E-state index in [4.69, 9.17) is 0 Å². The van der Waals surface area contributed by atoms with E-state index in [1.807, 2.05) is 12.2 Å². The highest BCUT2D eigenvalue weighted by molar-refractivity contribution is 5.77. The minimum atomic E-state index is -0.951. The first kappa shape index (κ1) is 49.6. The van der Waals surface area contributed by atoms with Crippen LogP contribution in [0.5, 0.6) is 0 Å². The average molecular weight is 718 g/mol. The summed E-state index contributed by atoms with van der Waals surface area (Å²) in [4.78, 5) is 12.4.